The molecule has 4 aromatic rings. The predicted molar refractivity (Wildman–Crippen MR) is 160 cm³/mol. The van der Waals surface area contributed by atoms with Crippen LogP contribution in [0.2, 0.25) is 0 Å². The molecule has 0 atom stereocenters. The lowest BCUT2D eigenvalue weighted by molar-refractivity contribution is 0.255. The van der Waals surface area contributed by atoms with E-state index < -0.39 is 15.1 Å². The Hall–Kier alpha value is -3.21. The van der Waals surface area contributed by atoms with E-state index in [1.807, 2.05) is 17.5 Å². The summed E-state index contributed by atoms with van der Waals surface area (Å²) >= 11 is 1.50. The Bertz CT molecular complexity index is 1590. The Morgan fingerprint density at radius 2 is 1.79 bits per heavy atom. The molecule has 8 nitrogen and oxygen atoms in total. The second-order valence-corrected chi connectivity index (χ2v) is 13.7. The van der Waals surface area contributed by atoms with Crippen LogP contribution < -0.4 is 15.4 Å². The Morgan fingerprint density at radius 3 is 2.51 bits per heavy atom. The topological polar surface area (TPSA) is 96.5 Å². The molecule has 0 spiro atoms. The Kier molecular flexibility index (Phi) is 7.80. The van der Waals surface area contributed by atoms with Gasteiger partial charge in [-0.2, -0.15) is 4.98 Å². The monoisotopic (exact) mass is 565 g/mol. The standard InChI is InChI=1S/C29H35N5O3S2/c1-18(2)39(35,36)26-9-7-6-8-22(26)30-28-27-23(12-15-38-27)31-29(33-28)32-24-16-19(3)21(17-25(24)37-5)20-10-13-34(4)14-11-20/h6-9,12,15-18,20H,10-11,13-14H2,1-5H3,(H2,30,31,32,33). The van der Waals surface area contributed by atoms with E-state index in [0.29, 0.717) is 23.4 Å². The number of para-hydroxylation sites is 1. The van der Waals surface area contributed by atoms with Gasteiger partial charge in [-0.3, -0.25) is 0 Å². The zero-order valence-corrected chi connectivity index (χ0v) is 24.6. The Balaban J connectivity index is 1.49. The number of piperidine rings is 1. The lowest BCUT2D eigenvalue weighted by atomic mass is 9.86. The molecule has 2 N–H and O–H groups in total. The second-order valence-electron chi connectivity index (χ2n) is 10.4. The molecule has 2 aromatic carbocycles. The number of sulfone groups is 1. The summed E-state index contributed by atoms with van der Waals surface area (Å²) < 4.78 is 32.7. The first-order valence-corrected chi connectivity index (χ1v) is 15.6. The summed E-state index contributed by atoms with van der Waals surface area (Å²) in [5.41, 5.74) is 4.57. The minimum absolute atomic E-state index is 0.250. The van der Waals surface area contributed by atoms with Gasteiger partial charge in [-0.25, -0.2) is 13.4 Å². The number of methoxy groups -OCH3 is 1. The number of anilines is 4. The molecule has 0 amide bonds. The van der Waals surface area contributed by atoms with E-state index >= 15 is 0 Å². The zero-order valence-electron chi connectivity index (χ0n) is 23.0. The molecule has 1 aliphatic heterocycles. The van der Waals surface area contributed by atoms with Gasteiger partial charge < -0.3 is 20.3 Å². The van der Waals surface area contributed by atoms with Crippen molar-refractivity contribution in [3.05, 3.63) is 59.0 Å². The van der Waals surface area contributed by atoms with Gasteiger partial charge in [-0.05, 0) is 107 Å². The summed E-state index contributed by atoms with van der Waals surface area (Å²) in [7, 11) is 0.356. The number of nitrogens with zero attached hydrogens (tertiary/aromatic N) is 3. The minimum atomic E-state index is -3.49. The van der Waals surface area contributed by atoms with Crippen LogP contribution in [0.15, 0.2) is 52.7 Å². The summed E-state index contributed by atoms with van der Waals surface area (Å²) in [6, 6.07) is 13.1. The summed E-state index contributed by atoms with van der Waals surface area (Å²) in [5, 5.41) is 8.06. The van der Waals surface area contributed by atoms with E-state index in [1.54, 1.807) is 39.2 Å². The SMILES string of the molecule is COc1cc(C2CCN(C)CC2)c(C)cc1Nc1nc(Nc2ccccc2S(=O)(=O)C(C)C)c2sccc2n1. The highest BCUT2D eigenvalue weighted by Gasteiger charge is 2.24. The van der Waals surface area contributed by atoms with E-state index in [4.69, 9.17) is 14.7 Å². The minimum Gasteiger partial charge on any atom is -0.495 e. The van der Waals surface area contributed by atoms with Gasteiger partial charge in [0.25, 0.3) is 0 Å². The van der Waals surface area contributed by atoms with Crippen LogP contribution in [0.5, 0.6) is 5.75 Å². The number of hydrogen-bond donors (Lipinski definition) is 2. The molecule has 0 bridgehead atoms. The third-order valence-corrected chi connectivity index (χ3v) is 10.5. The van der Waals surface area contributed by atoms with Gasteiger partial charge in [0.2, 0.25) is 5.95 Å². The van der Waals surface area contributed by atoms with Gasteiger partial charge in [-0.15, -0.1) is 11.3 Å². The average Bonchev–Trinajstić information content (AvgIpc) is 3.39. The summed E-state index contributed by atoms with van der Waals surface area (Å²) in [4.78, 5) is 12.1. The normalized spacial score (nSPS) is 15.1. The largest absolute Gasteiger partial charge is 0.495 e. The van der Waals surface area contributed by atoms with Crippen LogP contribution >= 0.6 is 11.3 Å². The van der Waals surface area contributed by atoms with E-state index in [2.05, 4.69) is 41.6 Å². The molecule has 39 heavy (non-hydrogen) atoms. The van der Waals surface area contributed by atoms with E-state index in [0.717, 1.165) is 47.6 Å². The Labute approximate surface area is 234 Å². The molecule has 10 heteroatoms. The maximum absolute atomic E-state index is 13.0. The third-order valence-electron chi connectivity index (χ3n) is 7.36. The first-order valence-electron chi connectivity index (χ1n) is 13.2. The fraction of sp³-hybridized carbons (Fsp3) is 0.379. The highest BCUT2D eigenvalue weighted by Crippen LogP contribution is 2.38. The first kappa shape index (κ1) is 27.4. The van der Waals surface area contributed by atoms with Gasteiger partial charge in [0.05, 0.1) is 38.8 Å². The number of rotatable bonds is 8. The molecule has 1 saturated heterocycles. The molecular weight excluding hydrogens is 530 g/mol. The summed E-state index contributed by atoms with van der Waals surface area (Å²) in [6.45, 7) is 7.70. The van der Waals surface area contributed by atoms with E-state index in [1.165, 1.54) is 22.5 Å². The quantitative estimate of drug-likeness (QED) is 0.250. The van der Waals surface area contributed by atoms with Crippen LogP contribution in [0.3, 0.4) is 0 Å². The summed E-state index contributed by atoms with van der Waals surface area (Å²) in [6.07, 6.45) is 2.27. The molecular formula is C29H35N5O3S2. The van der Waals surface area contributed by atoms with Crippen LogP contribution in [0.1, 0.15) is 43.7 Å². The second kappa shape index (κ2) is 11.1. The van der Waals surface area contributed by atoms with E-state index in [-0.39, 0.29) is 4.90 Å². The molecule has 1 aliphatic rings. The maximum atomic E-state index is 13.0. The van der Waals surface area contributed by atoms with Gasteiger partial charge in [-0.1, -0.05) is 12.1 Å². The van der Waals surface area contributed by atoms with Crippen molar-refractivity contribution in [1.82, 2.24) is 14.9 Å². The van der Waals surface area contributed by atoms with Crippen molar-refractivity contribution in [2.75, 3.05) is 37.9 Å². The van der Waals surface area contributed by atoms with Gasteiger partial charge >= 0.3 is 0 Å². The Morgan fingerprint density at radius 1 is 1.05 bits per heavy atom. The van der Waals surface area contributed by atoms with E-state index in [9.17, 15) is 8.42 Å². The number of fused-ring (bicyclic) bond motifs is 1. The van der Waals surface area contributed by atoms with Crippen LogP contribution in [0.25, 0.3) is 10.2 Å². The molecule has 1 fully saturated rings. The molecule has 206 valence electrons. The highest BCUT2D eigenvalue weighted by atomic mass is 32.2. The van der Waals surface area contributed by atoms with Crippen molar-refractivity contribution >= 4 is 54.5 Å². The number of ether oxygens (including phenoxy) is 1. The fourth-order valence-electron chi connectivity index (χ4n) is 5.05. The fourth-order valence-corrected chi connectivity index (χ4v) is 7.03. The third kappa shape index (κ3) is 5.59. The zero-order chi connectivity index (χ0) is 27.7. The van der Waals surface area contributed by atoms with Crippen molar-refractivity contribution < 1.29 is 13.2 Å². The molecule has 5 rings (SSSR count). The van der Waals surface area contributed by atoms with Gasteiger partial charge in [0.1, 0.15) is 5.75 Å². The molecule has 0 saturated carbocycles. The van der Waals surface area contributed by atoms with Crippen molar-refractivity contribution in [3.8, 4) is 5.75 Å². The first-order chi connectivity index (χ1) is 18.7. The number of benzene rings is 2. The molecule has 0 radical (unpaired) electrons. The number of hydrogen-bond acceptors (Lipinski definition) is 9. The van der Waals surface area contributed by atoms with Crippen molar-refractivity contribution in [2.24, 2.45) is 0 Å². The van der Waals surface area contributed by atoms with Crippen molar-refractivity contribution in [2.45, 2.75) is 49.7 Å². The number of aromatic nitrogens is 2. The van der Waals surface area contributed by atoms with Crippen LogP contribution in [0, 0.1) is 6.92 Å². The number of thiophene rings is 1. The molecule has 2 aromatic heterocycles. The smallest absolute Gasteiger partial charge is 0.229 e. The summed E-state index contributed by atoms with van der Waals surface area (Å²) in [5.74, 6) is 2.20. The van der Waals surface area contributed by atoms with Gasteiger partial charge in [0, 0.05) is 0 Å². The van der Waals surface area contributed by atoms with Crippen molar-refractivity contribution in [1.29, 1.82) is 0 Å². The lowest BCUT2D eigenvalue weighted by Gasteiger charge is -2.30. The number of nitrogens with one attached hydrogen (secondary N) is 2. The van der Waals surface area contributed by atoms with Crippen LogP contribution in [0.4, 0.5) is 23.1 Å². The van der Waals surface area contributed by atoms with Gasteiger partial charge in [0.15, 0.2) is 15.7 Å². The maximum Gasteiger partial charge on any atom is 0.229 e. The van der Waals surface area contributed by atoms with Crippen LogP contribution in [-0.2, 0) is 9.84 Å². The van der Waals surface area contributed by atoms with Crippen LogP contribution in [-0.4, -0.2) is 55.8 Å². The highest BCUT2D eigenvalue weighted by molar-refractivity contribution is 7.92. The average molecular weight is 566 g/mol. The number of likely N-dealkylation sites (tertiary alicyclic amines) is 1. The molecule has 0 unspecified atom stereocenters. The lowest BCUT2D eigenvalue weighted by Crippen LogP contribution is -2.29. The number of aryl methyl sites for hydroxylation is 1. The molecule has 0 aliphatic carbocycles. The van der Waals surface area contributed by atoms with Crippen molar-refractivity contribution in [3.63, 3.8) is 0 Å². The molecule has 3 heterocycles. The predicted octanol–water partition coefficient (Wildman–Crippen LogP) is 6.49.